The smallest absolute Gasteiger partial charge is 0.262 e. The summed E-state index contributed by atoms with van der Waals surface area (Å²) in [5.74, 6) is -0.128. The van der Waals surface area contributed by atoms with E-state index in [1.807, 2.05) is 84.9 Å². The fourth-order valence-electron chi connectivity index (χ4n) is 4.07. The Kier molecular flexibility index (Phi) is 3.64. The number of rotatable bonds is 1. The maximum atomic E-state index is 13.5. The van der Waals surface area contributed by atoms with Gasteiger partial charge in [0, 0.05) is 16.3 Å². The molecule has 0 atom stereocenters. The van der Waals surface area contributed by atoms with E-state index in [0.29, 0.717) is 27.1 Å². The summed E-state index contributed by atoms with van der Waals surface area (Å²) in [4.78, 5) is 23.0. The first-order chi connectivity index (χ1) is 14.7. The van der Waals surface area contributed by atoms with Gasteiger partial charge < -0.3 is 0 Å². The number of nitrogens with zero attached hydrogens (tertiary/aromatic N) is 3. The molecule has 0 bridgehead atoms. The Hall–Kier alpha value is -3.76. The normalized spacial score (nSPS) is 11.6. The lowest BCUT2D eigenvalue weighted by atomic mass is 10.1. The van der Waals surface area contributed by atoms with Crippen LogP contribution in [-0.2, 0) is 0 Å². The molecule has 0 aliphatic heterocycles. The molecule has 4 aromatic carbocycles. The molecule has 30 heavy (non-hydrogen) atoms. The molecule has 5 heteroatoms. The van der Waals surface area contributed by atoms with Crippen LogP contribution in [0.15, 0.2) is 84.9 Å². The molecular weight excluding hydrogens is 394 g/mol. The Morgan fingerprint density at radius 1 is 0.733 bits per heavy atom. The minimum Gasteiger partial charge on any atom is -0.274 e. The first-order valence-corrected chi connectivity index (χ1v) is 9.98. The van der Waals surface area contributed by atoms with Crippen LogP contribution in [0.1, 0.15) is 10.4 Å². The minimum atomic E-state index is -0.128. The van der Waals surface area contributed by atoms with Crippen molar-refractivity contribution in [3.05, 3.63) is 95.5 Å². The van der Waals surface area contributed by atoms with Crippen LogP contribution in [0, 0.1) is 0 Å². The SMILES string of the molecule is O=C(c1ccccc1)n1c2ccccc2c2cc3nc4ccccc4nc3c(Cl)c21. The van der Waals surface area contributed by atoms with E-state index >= 15 is 0 Å². The van der Waals surface area contributed by atoms with Gasteiger partial charge in [-0.3, -0.25) is 9.36 Å². The largest absolute Gasteiger partial charge is 0.274 e. The summed E-state index contributed by atoms with van der Waals surface area (Å²) >= 11 is 6.91. The predicted molar refractivity (Wildman–Crippen MR) is 121 cm³/mol. The highest BCUT2D eigenvalue weighted by Gasteiger charge is 2.22. The lowest BCUT2D eigenvalue weighted by molar-refractivity contribution is 0.0969. The number of para-hydroxylation sites is 3. The van der Waals surface area contributed by atoms with Crippen LogP contribution < -0.4 is 0 Å². The first kappa shape index (κ1) is 17.1. The maximum Gasteiger partial charge on any atom is 0.262 e. The van der Waals surface area contributed by atoms with Crippen molar-refractivity contribution >= 4 is 61.4 Å². The summed E-state index contributed by atoms with van der Waals surface area (Å²) in [5, 5.41) is 2.27. The average Bonchev–Trinajstić information content (AvgIpc) is 3.13. The number of benzene rings is 4. The summed E-state index contributed by atoms with van der Waals surface area (Å²) in [5.41, 5.74) is 4.94. The van der Waals surface area contributed by atoms with Gasteiger partial charge in [0.1, 0.15) is 5.52 Å². The zero-order valence-electron chi connectivity index (χ0n) is 15.7. The summed E-state index contributed by atoms with van der Waals surface area (Å²) in [6.45, 7) is 0. The van der Waals surface area contributed by atoms with Crippen LogP contribution in [0.2, 0.25) is 5.02 Å². The predicted octanol–water partition coefficient (Wildman–Crippen LogP) is 6.23. The van der Waals surface area contributed by atoms with E-state index in [0.717, 1.165) is 27.3 Å². The number of halogens is 1. The third-order valence-electron chi connectivity index (χ3n) is 5.43. The molecule has 6 rings (SSSR count). The fraction of sp³-hybridized carbons (Fsp3) is 0. The summed E-state index contributed by atoms with van der Waals surface area (Å²) in [6.07, 6.45) is 0. The molecule has 142 valence electrons. The van der Waals surface area contributed by atoms with Gasteiger partial charge in [0.25, 0.3) is 5.91 Å². The number of hydrogen-bond acceptors (Lipinski definition) is 3. The lowest BCUT2D eigenvalue weighted by Crippen LogP contribution is -2.11. The Bertz CT molecular complexity index is 1620. The van der Waals surface area contributed by atoms with Crippen molar-refractivity contribution in [2.24, 2.45) is 0 Å². The van der Waals surface area contributed by atoms with Gasteiger partial charge in [-0.2, -0.15) is 0 Å². The number of hydrogen-bond donors (Lipinski definition) is 0. The molecule has 0 radical (unpaired) electrons. The number of carbonyl (C=O) groups is 1. The van der Waals surface area contributed by atoms with Crippen molar-refractivity contribution < 1.29 is 4.79 Å². The van der Waals surface area contributed by atoms with Crippen molar-refractivity contribution in [3.63, 3.8) is 0 Å². The standard InChI is InChI=1S/C25H14ClN3O/c26-22-23-20(27-18-11-5-6-12-19(18)28-23)14-17-16-10-4-7-13-21(16)29(24(17)22)25(30)15-8-2-1-3-9-15/h1-14H. The molecule has 0 unspecified atom stereocenters. The second kappa shape index (κ2) is 6.37. The van der Waals surface area contributed by atoms with Crippen LogP contribution in [0.4, 0.5) is 0 Å². The van der Waals surface area contributed by atoms with Gasteiger partial charge in [-0.25, -0.2) is 9.97 Å². The van der Waals surface area contributed by atoms with Gasteiger partial charge in [0.05, 0.1) is 32.6 Å². The zero-order valence-corrected chi connectivity index (χ0v) is 16.5. The second-order valence-electron chi connectivity index (χ2n) is 7.19. The maximum absolute atomic E-state index is 13.5. The Balaban J connectivity index is 1.79. The highest BCUT2D eigenvalue weighted by atomic mass is 35.5. The van der Waals surface area contributed by atoms with Crippen molar-refractivity contribution in [3.8, 4) is 0 Å². The highest BCUT2D eigenvalue weighted by molar-refractivity contribution is 6.42. The van der Waals surface area contributed by atoms with E-state index in [1.165, 1.54) is 0 Å². The molecule has 0 saturated heterocycles. The van der Waals surface area contributed by atoms with Crippen LogP contribution in [0.5, 0.6) is 0 Å². The first-order valence-electron chi connectivity index (χ1n) is 9.60. The molecule has 2 aromatic heterocycles. The van der Waals surface area contributed by atoms with E-state index in [-0.39, 0.29) is 5.91 Å². The number of fused-ring (bicyclic) bond motifs is 5. The summed E-state index contributed by atoms with van der Waals surface area (Å²) in [6, 6.07) is 26.7. The Labute approximate surface area is 176 Å². The molecule has 2 heterocycles. The molecule has 6 aromatic rings. The Morgan fingerprint density at radius 3 is 2.20 bits per heavy atom. The van der Waals surface area contributed by atoms with Gasteiger partial charge in [0.2, 0.25) is 0 Å². The van der Waals surface area contributed by atoms with Gasteiger partial charge in [-0.15, -0.1) is 0 Å². The molecule has 0 aliphatic carbocycles. The zero-order chi connectivity index (χ0) is 20.2. The molecule has 0 spiro atoms. The monoisotopic (exact) mass is 407 g/mol. The van der Waals surface area contributed by atoms with Crippen LogP contribution in [0.3, 0.4) is 0 Å². The molecule has 0 aliphatic rings. The van der Waals surface area contributed by atoms with E-state index in [1.54, 1.807) is 4.57 Å². The summed E-state index contributed by atoms with van der Waals surface area (Å²) < 4.78 is 1.69. The second-order valence-corrected chi connectivity index (χ2v) is 7.57. The third kappa shape index (κ3) is 2.38. The fourth-order valence-corrected chi connectivity index (χ4v) is 4.40. The number of aromatic nitrogens is 3. The Morgan fingerprint density at radius 2 is 1.40 bits per heavy atom. The van der Waals surface area contributed by atoms with Gasteiger partial charge >= 0.3 is 0 Å². The van der Waals surface area contributed by atoms with Gasteiger partial charge in [0.15, 0.2) is 0 Å². The van der Waals surface area contributed by atoms with Crippen LogP contribution >= 0.6 is 11.6 Å². The van der Waals surface area contributed by atoms with Gasteiger partial charge in [-0.05, 0) is 36.4 Å². The minimum absolute atomic E-state index is 0.128. The van der Waals surface area contributed by atoms with E-state index < -0.39 is 0 Å². The van der Waals surface area contributed by atoms with E-state index in [4.69, 9.17) is 21.6 Å². The van der Waals surface area contributed by atoms with Crippen molar-refractivity contribution in [2.45, 2.75) is 0 Å². The molecule has 4 nitrogen and oxygen atoms in total. The topological polar surface area (TPSA) is 47.8 Å². The van der Waals surface area contributed by atoms with E-state index in [2.05, 4.69) is 0 Å². The van der Waals surface area contributed by atoms with Crippen LogP contribution in [-0.4, -0.2) is 20.4 Å². The molecule has 0 amide bonds. The quantitative estimate of drug-likeness (QED) is 0.303. The molecular formula is C25H14ClN3O. The summed E-state index contributed by atoms with van der Waals surface area (Å²) in [7, 11) is 0. The highest BCUT2D eigenvalue weighted by Crippen LogP contribution is 2.38. The lowest BCUT2D eigenvalue weighted by Gasteiger charge is -2.09. The van der Waals surface area contributed by atoms with Crippen LogP contribution in [0.25, 0.3) is 43.9 Å². The van der Waals surface area contributed by atoms with E-state index in [9.17, 15) is 4.79 Å². The molecule has 0 N–H and O–H groups in total. The van der Waals surface area contributed by atoms with Gasteiger partial charge in [-0.1, -0.05) is 60.1 Å². The van der Waals surface area contributed by atoms with Crippen molar-refractivity contribution in [2.75, 3.05) is 0 Å². The number of carbonyl (C=O) groups excluding carboxylic acids is 1. The molecule has 0 saturated carbocycles. The average molecular weight is 408 g/mol. The third-order valence-corrected chi connectivity index (χ3v) is 5.79. The van der Waals surface area contributed by atoms with Crippen molar-refractivity contribution in [1.82, 2.24) is 14.5 Å². The molecule has 0 fully saturated rings. The van der Waals surface area contributed by atoms with Crippen molar-refractivity contribution in [1.29, 1.82) is 0 Å².